The fraction of sp³-hybridized carbons (Fsp3) is 0.550. The molecule has 0 atom stereocenters. The van der Waals surface area contributed by atoms with Crippen LogP contribution in [0.4, 0.5) is 0 Å². The molecule has 0 spiro atoms. The van der Waals surface area contributed by atoms with Crippen molar-refractivity contribution in [2.45, 2.75) is 39.3 Å². The third kappa shape index (κ3) is 5.89. The zero-order valence-electron chi connectivity index (χ0n) is 16.1. The number of nitrogens with zero attached hydrogens (tertiary/aromatic N) is 4. The summed E-state index contributed by atoms with van der Waals surface area (Å²) in [5.41, 5.74) is 2.27. The molecule has 0 saturated carbocycles. The van der Waals surface area contributed by atoms with Crippen LogP contribution in [-0.4, -0.2) is 59.3 Å². The number of benzene rings is 1. The molecular formula is C20H30N4O2S. The zero-order chi connectivity index (χ0) is 19.1. The smallest absolute Gasteiger partial charge is 0.214 e. The molecule has 0 radical (unpaired) electrons. The molecule has 1 aliphatic heterocycles. The standard InChI is InChI=1S/C20H30N4O2S/c1-2-10-23-18-20(16-21-23)17-22-11-6-12-24(14-13-22)27(25,26)15-9-19-7-4-3-5-8-19/h3-5,7-8,16,18H,2,6,9-15,17H2,1H3. The highest BCUT2D eigenvalue weighted by molar-refractivity contribution is 7.89. The summed E-state index contributed by atoms with van der Waals surface area (Å²) in [7, 11) is -3.21. The SMILES string of the molecule is CCCn1cc(CN2CCCN(S(=O)(=O)CCc3ccccc3)CC2)cn1. The van der Waals surface area contributed by atoms with Crippen LogP contribution in [0.1, 0.15) is 30.9 Å². The Labute approximate surface area is 162 Å². The molecule has 0 bridgehead atoms. The fourth-order valence-electron chi connectivity index (χ4n) is 3.50. The second kappa shape index (κ2) is 9.48. The lowest BCUT2D eigenvalue weighted by molar-refractivity contribution is 0.278. The maximum atomic E-state index is 12.7. The predicted molar refractivity (Wildman–Crippen MR) is 108 cm³/mol. The van der Waals surface area contributed by atoms with Crippen molar-refractivity contribution >= 4 is 10.0 Å². The highest BCUT2D eigenvalue weighted by Crippen LogP contribution is 2.13. The minimum absolute atomic E-state index is 0.181. The van der Waals surface area contributed by atoms with Crippen LogP contribution in [0.5, 0.6) is 0 Å². The summed E-state index contributed by atoms with van der Waals surface area (Å²) in [5.74, 6) is 0.181. The summed E-state index contributed by atoms with van der Waals surface area (Å²) in [5, 5.41) is 4.39. The average Bonchev–Trinajstić information content (AvgIpc) is 2.96. The molecule has 1 aromatic carbocycles. The number of hydrogen-bond acceptors (Lipinski definition) is 4. The van der Waals surface area contributed by atoms with Gasteiger partial charge in [0.15, 0.2) is 0 Å². The molecule has 6 nitrogen and oxygen atoms in total. The van der Waals surface area contributed by atoms with E-state index in [1.807, 2.05) is 41.2 Å². The predicted octanol–water partition coefficient (Wildman–Crippen LogP) is 2.37. The quantitative estimate of drug-likeness (QED) is 0.694. The Hall–Kier alpha value is -1.70. The first-order valence-electron chi connectivity index (χ1n) is 9.82. The van der Waals surface area contributed by atoms with Gasteiger partial charge >= 0.3 is 0 Å². The molecule has 1 aliphatic rings. The number of sulfonamides is 1. The third-order valence-corrected chi connectivity index (χ3v) is 6.85. The van der Waals surface area contributed by atoms with Crippen LogP contribution < -0.4 is 0 Å². The molecule has 0 aliphatic carbocycles. The summed E-state index contributed by atoms with van der Waals surface area (Å²) in [6, 6.07) is 9.83. The van der Waals surface area contributed by atoms with E-state index in [1.165, 1.54) is 5.56 Å². The van der Waals surface area contributed by atoms with E-state index in [0.717, 1.165) is 44.6 Å². The molecule has 7 heteroatoms. The van der Waals surface area contributed by atoms with E-state index >= 15 is 0 Å². The Balaban J connectivity index is 1.52. The Morgan fingerprint density at radius 3 is 2.63 bits per heavy atom. The molecule has 0 amide bonds. The second-order valence-corrected chi connectivity index (χ2v) is 9.28. The first kappa shape index (κ1) is 20.0. The van der Waals surface area contributed by atoms with Gasteiger partial charge in [0.25, 0.3) is 0 Å². The van der Waals surface area contributed by atoms with E-state index in [9.17, 15) is 8.42 Å². The van der Waals surface area contributed by atoms with Gasteiger partial charge in [-0.25, -0.2) is 12.7 Å². The van der Waals surface area contributed by atoms with Crippen LogP contribution in [0.15, 0.2) is 42.7 Å². The van der Waals surface area contributed by atoms with Crippen molar-refractivity contribution in [1.82, 2.24) is 19.0 Å². The van der Waals surface area contributed by atoms with Crippen molar-refractivity contribution < 1.29 is 8.42 Å². The van der Waals surface area contributed by atoms with Crippen LogP contribution in [0.3, 0.4) is 0 Å². The topological polar surface area (TPSA) is 58.4 Å². The summed E-state index contributed by atoms with van der Waals surface area (Å²) in [4.78, 5) is 2.33. The van der Waals surface area contributed by atoms with Gasteiger partial charge in [0, 0.05) is 44.5 Å². The minimum atomic E-state index is -3.21. The van der Waals surface area contributed by atoms with Gasteiger partial charge in [0.1, 0.15) is 0 Å². The molecule has 0 unspecified atom stereocenters. The largest absolute Gasteiger partial charge is 0.298 e. The highest BCUT2D eigenvalue weighted by Gasteiger charge is 2.25. The third-order valence-electron chi connectivity index (χ3n) is 4.98. The van der Waals surface area contributed by atoms with E-state index in [4.69, 9.17) is 0 Å². The Morgan fingerprint density at radius 1 is 1.04 bits per heavy atom. The Bertz CT molecular complexity index is 804. The van der Waals surface area contributed by atoms with E-state index in [2.05, 4.69) is 23.1 Å². The molecule has 3 rings (SSSR count). The van der Waals surface area contributed by atoms with Gasteiger partial charge in [-0.15, -0.1) is 0 Å². The first-order chi connectivity index (χ1) is 13.1. The molecule has 1 saturated heterocycles. The molecule has 148 valence electrons. The summed E-state index contributed by atoms with van der Waals surface area (Å²) >= 11 is 0. The molecule has 27 heavy (non-hydrogen) atoms. The maximum Gasteiger partial charge on any atom is 0.214 e. The maximum absolute atomic E-state index is 12.7. The lowest BCUT2D eigenvalue weighted by atomic mass is 10.2. The van der Waals surface area contributed by atoms with Crippen molar-refractivity contribution in [3.05, 3.63) is 53.9 Å². The number of aromatic nitrogens is 2. The van der Waals surface area contributed by atoms with Crippen LogP contribution >= 0.6 is 0 Å². The first-order valence-corrected chi connectivity index (χ1v) is 11.4. The average molecular weight is 391 g/mol. The number of aryl methyl sites for hydroxylation is 2. The van der Waals surface area contributed by atoms with Crippen molar-refractivity contribution in [2.75, 3.05) is 31.9 Å². The highest BCUT2D eigenvalue weighted by atomic mass is 32.2. The molecule has 2 heterocycles. The molecule has 2 aromatic rings. The fourth-order valence-corrected chi connectivity index (χ4v) is 5.02. The van der Waals surface area contributed by atoms with Gasteiger partial charge in [-0.3, -0.25) is 9.58 Å². The van der Waals surface area contributed by atoms with E-state index in [0.29, 0.717) is 19.5 Å². The molecular weight excluding hydrogens is 360 g/mol. The summed E-state index contributed by atoms with van der Waals surface area (Å²) in [6.45, 7) is 6.79. The zero-order valence-corrected chi connectivity index (χ0v) is 16.9. The van der Waals surface area contributed by atoms with Crippen molar-refractivity contribution in [3.8, 4) is 0 Å². The van der Waals surface area contributed by atoms with Crippen molar-refractivity contribution in [3.63, 3.8) is 0 Å². The molecule has 1 fully saturated rings. The van der Waals surface area contributed by atoms with Gasteiger partial charge in [0.2, 0.25) is 10.0 Å². The Morgan fingerprint density at radius 2 is 1.85 bits per heavy atom. The van der Waals surface area contributed by atoms with E-state index in [1.54, 1.807) is 4.31 Å². The van der Waals surface area contributed by atoms with Crippen LogP contribution in [-0.2, 0) is 29.5 Å². The number of rotatable bonds is 8. The van der Waals surface area contributed by atoms with Gasteiger partial charge in [0.05, 0.1) is 11.9 Å². The summed E-state index contributed by atoms with van der Waals surface area (Å²) in [6.07, 6.45) is 6.53. The van der Waals surface area contributed by atoms with Crippen LogP contribution in [0.2, 0.25) is 0 Å². The number of hydrogen-bond donors (Lipinski definition) is 0. The normalized spacial score (nSPS) is 17.1. The van der Waals surface area contributed by atoms with E-state index in [-0.39, 0.29) is 5.75 Å². The van der Waals surface area contributed by atoms with Gasteiger partial charge in [-0.05, 0) is 31.4 Å². The monoisotopic (exact) mass is 390 g/mol. The molecule has 0 N–H and O–H groups in total. The van der Waals surface area contributed by atoms with E-state index < -0.39 is 10.0 Å². The van der Waals surface area contributed by atoms with Crippen molar-refractivity contribution in [2.24, 2.45) is 0 Å². The minimum Gasteiger partial charge on any atom is -0.298 e. The van der Waals surface area contributed by atoms with Gasteiger partial charge in [-0.2, -0.15) is 5.10 Å². The lowest BCUT2D eigenvalue weighted by Gasteiger charge is -2.21. The van der Waals surface area contributed by atoms with Gasteiger partial charge in [-0.1, -0.05) is 37.3 Å². The lowest BCUT2D eigenvalue weighted by Crippen LogP contribution is -2.37. The van der Waals surface area contributed by atoms with Crippen molar-refractivity contribution in [1.29, 1.82) is 0 Å². The summed E-state index contributed by atoms with van der Waals surface area (Å²) < 4.78 is 29.1. The van der Waals surface area contributed by atoms with Gasteiger partial charge < -0.3 is 0 Å². The van der Waals surface area contributed by atoms with Crippen LogP contribution in [0.25, 0.3) is 0 Å². The Kier molecular flexibility index (Phi) is 7.04. The molecule has 1 aromatic heterocycles. The second-order valence-electron chi connectivity index (χ2n) is 7.19. The van der Waals surface area contributed by atoms with Crippen LogP contribution in [0, 0.1) is 0 Å².